The Kier molecular flexibility index (Phi) is 4.75. The molecule has 146 valence electrons. The molecular formula is C17H17F3N6OSi. The summed E-state index contributed by atoms with van der Waals surface area (Å²) in [6, 6.07) is 8.77. The monoisotopic (exact) mass is 406 g/mol. The summed E-state index contributed by atoms with van der Waals surface area (Å²) in [5.74, 6) is 0.602. The molecule has 1 amide bonds. The molecule has 3 aromatic rings. The molecule has 0 saturated carbocycles. The van der Waals surface area contributed by atoms with Gasteiger partial charge in [0.1, 0.15) is 12.1 Å². The highest BCUT2D eigenvalue weighted by Crippen LogP contribution is 2.15. The number of rotatable bonds is 4. The van der Waals surface area contributed by atoms with Gasteiger partial charge >= 0.3 is 9.08 Å². The SMILES string of the molecule is O=C(Cc1cccc([Si](F)(F)F)c1)N1CCN(c2ccc3nncn3n2)CC1. The first-order valence-corrected chi connectivity index (χ1v) is 10.4. The molecule has 2 aromatic heterocycles. The Balaban J connectivity index is 1.37. The van der Waals surface area contributed by atoms with E-state index in [0.717, 1.165) is 18.0 Å². The van der Waals surface area contributed by atoms with E-state index in [1.807, 2.05) is 12.1 Å². The van der Waals surface area contributed by atoms with Gasteiger partial charge in [-0.25, -0.2) is 12.3 Å². The largest absolute Gasteiger partial charge is 0.653 e. The predicted octanol–water partition coefficient (Wildman–Crippen LogP) is 1.07. The van der Waals surface area contributed by atoms with Crippen LogP contribution < -0.4 is 10.1 Å². The molecule has 0 aliphatic carbocycles. The van der Waals surface area contributed by atoms with Gasteiger partial charge in [-0.1, -0.05) is 24.3 Å². The molecule has 1 aromatic carbocycles. The number of hydrogen-bond donors (Lipinski definition) is 0. The van der Waals surface area contributed by atoms with Crippen LogP contribution in [0.4, 0.5) is 18.1 Å². The second kappa shape index (κ2) is 7.22. The summed E-state index contributed by atoms with van der Waals surface area (Å²) >= 11 is 0. The molecule has 0 N–H and O–H groups in total. The van der Waals surface area contributed by atoms with E-state index in [0.29, 0.717) is 37.4 Å². The fourth-order valence-electron chi connectivity index (χ4n) is 3.22. The van der Waals surface area contributed by atoms with Crippen molar-refractivity contribution in [1.82, 2.24) is 24.7 Å². The smallest absolute Gasteiger partial charge is 0.352 e. The van der Waals surface area contributed by atoms with Gasteiger partial charge in [0, 0.05) is 31.4 Å². The summed E-state index contributed by atoms with van der Waals surface area (Å²) in [6.45, 7) is 2.19. The lowest BCUT2D eigenvalue weighted by Crippen LogP contribution is -2.49. The molecule has 28 heavy (non-hydrogen) atoms. The maximum absolute atomic E-state index is 13.0. The van der Waals surface area contributed by atoms with Gasteiger partial charge in [-0.05, 0) is 17.7 Å². The molecule has 1 fully saturated rings. The number of fused-ring (bicyclic) bond motifs is 1. The van der Waals surface area contributed by atoms with Crippen LogP contribution in [-0.4, -0.2) is 65.9 Å². The Hall–Kier alpha value is -2.95. The van der Waals surface area contributed by atoms with Crippen molar-refractivity contribution in [2.24, 2.45) is 0 Å². The molecule has 0 radical (unpaired) electrons. The molecule has 11 heteroatoms. The zero-order valence-electron chi connectivity index (χ0n) is 14.8. The van der Waals surface area contributed by atoms with Gasteiger partial charge in [-0.15, -0.1) is 15.3 Å². The molecule has 0 unspecified atom stereocenters. The van der Waals surface area contributed by atoms with Crippen molar-refractivity contribution >= 4 is 31.6 Å². The Morgan fingerprint density at radius 3 is 2.61 bits per heavy atom. The zero-order valence-corrected chi connectivity index (χ0v) is 15.8. The second-order valence-corrected chi connectivity index (χ2v) is 8.14. The highest BCUT2D eigenvalue weighted by molar-refractivity contribution is 6.73. The average Bonchev–Trinajstić information content (AvgIpc) is 3.15. The molecule has 1 saturated heterocycles. The summed E-state index contributed by atoms with van der Waals surface area (Å²) in [7, 11) is -5.87. The van der Waals surface area contributed by atoms with E-state index in [1.54, 1.807) is 15.5 Å². The van der Waals surface area contributed by atoms with Crippen LogP contribution in [0.15, 0.2) is 42.7 Å². The Morgan fingerprint density at radius 2 is 1.86 bits per heavy atom. The van der Waals surface area contributed by atoms with E-state index >= 15 is 0 Å². The number of nitrogens with zero attached hydrogens (tertiary/aromatic N) is 6. The van der Waals surface area contributed by atoms with Crippen LogP contribution in [0.1, 0.15) is 5.56 Å². The topological polar surface area (TPSA) is 66.6 Å². The van der Waals surface area contributed by atoms with Gasteiger partial charge < -0.3 is 9.80 Å². The number of carbonyl (C=O) groups is 1. The zero-order chi connectivity index (χ0) is 19.7. The first-order valence-electron chi connectivity index (χ1n) is 8.76. The molecule has 1 aliphatic rings. The van der Waals surface area contributed by atoms with Crippen molar-refractivity contribution < 1.29 is 17.1 Å². The highest BCUT2D eigenvalue weighted by Gasteiger charge is 2.39. The van der Waals surface area contributed by atoms with Crippen LogP contribution in [-0.2, 0) is 11.2 Å². The van der Waals surface area contributed by atoms with Crippen LogP contribution in [0.25, 0.3) is 5.65 Å². The van der Waals surface area contributed by atoms with Crippen LogP contribution in [0.2, 0.25) is 0 Å². The van der Waals surface area contributed by atoms with Gasteiger partial charge in [0.2, 0.25) is 5.91 Å². The third kappa shape index (κ3) is 3.83. The standard InChI is InChI=1S/C17H17F3N6OSi/c18-28(19,20)14-3-1-2-13(10-14)11-17(27)25-8-6-24(7-9-25)16-5-4-15-22-21-12-26(15)23-16/h1-5,10,12H,6-9,11H2. The number of hydrogen-bond acceptors (Lipinski definition) is 5. The van der Waals surface area contributed by atoms with E-state index in [1.165, 1.54) is 12.4 Å². The summed E-state index contributed by atoms with van der Waals surface area (Å²) in [5.41, 5.74) is 1.05. The van der Waals surface area contributed by atoms with E-state index in [9.17, 15) is 17.1 Å². The minimum absolute atomic E-state index is 0.0246. The molecular weight excluding hydrogens is 389 g/mol. The maximum atomic E-state index is 13.0. The lowest BCUT2D eigenvalue weighted by Gasteiger charge is -2.35. The molecule has 0 bridgehead atoms. The van der Waals surface area contributed by atoms with Crippen molar-refractivity contribution in [3.8, 4) is 0 Å². The number of halogens is 3. The van der Waals surface area contributed by atoms with Crippen molar-refractivity contribution in [2.45, 2.75) is 6.42 Å². The number of benzene rings is 1. The molecule has 4 rings (SSSR count). The van der Waals surface area contributed by atoms with Gasteiger partial charge in [-0.2, -0.15) is 4.52 Å². The summed E-state index contributed by atoms with van der Waals surface area (Å²) < 4.78 is 40.5. The van der Waals surface area contributed by atoms with E-state index in [4.69, 9.17) is 0 Å². The lowest BCUT2D eigenvalue weighted by molar-refractivity contribution is -0.130. The van der Waals surface area contributed by atoms with E-state index < -0.39 is 14.3 Å². The summed E-state index contributed by atoms with van der Waals surface area (Å²) in [4.78, 5) is 16.3. The molecule has 1 aliphatic heterocycles. The lowest BCUT2D eigenvalue weighted by atomic mass is 10.1. The van der Waals surface area contributed by atoms with Gasteiger partial charge in [-0.3, -0.25) is 4.79 Å². The van der Waals surface area contributed by atoms with E-state index in [-0.39, 0.29) is 12.3 Å². The van der Waals surface area contributed by atoms with Gasteiger partial charge in [0.25, 0.3) is 0 Å². The quantitative estimate of drug-likeness (QED) is 0.479. The molecule has 3 heterocycles. The fraction of sp³-hybridized carbons (Fsp3) is 0.294. The fourth-order valence-corrected chi connectivity index (χ4v) is 3.85. The number of amides is 1. The number of aromatic nitrogens is 4. The Bertz CT molecular complexity index is 1000. The number of piperazine rings is 1. The minimum Gasteiger partial charge on any atom is -0.352 e. The molecule has 7 nitrogen and oxygen atoms in total. The third-order valence-electron chi connectivity index (χ3n) is 4.71. The Morgan fingerprint density at radius 1 is 1.07 bits per heavy atom. The first kappa shape index (κ1) is 18.4. The normalized spacial score (nSPS) is 15.2. The van der Waals surface area contributed by atoms with Crippen molar-refractivity contribution in [3.63, 3.8) is 0 Å². The number of carbonyl (C=O) groups excluding carboxylic acids is 1. The van der Waals surface area contributed by atoms with Crippen molar-refractivity contribution in [2.75, 3.05) is 31.1 Å². The third-order valence-corrected chi connectivity index (χ3v) is 5.68. The minimum atomic E-state index is -5.87. The van der Waals surface area contributed by atoms with Gasteiger partial charge in [0.15, 0.2) is 5.65 Å². The van der Waals surface area contributed by atoms with Crippen molar-refractivity contribution in [3.05, 3.63) is 48.3 Å². The summed E-state index contributed by atoms with van der Waals surface area (Å²) in [5, 5.41) is 11.5. The van der Waals surface area contributed by atoms with Gasteiger partial charge in [0.05, 0.1) is 6.42 Å². The van der Waals surface area contributed by atoms with E-state index in [2.05, 4.69) is 20.2 Å². The highest BCUT2D eigenvalue weighted by atomic mass is 28.5. The van der Waals surface area contributed by atoms with Crippen molar-refractivity contribution in [1.29, 1.82) is 0 Å². The molecule has 0 spiro atoms. The predicted molar refractivity (Wildman–Crippen MR) is 98.4 cm³/mol. The summed E-state index contributed by atoms with van der Waals surface area (Å²) in [6.07, 6.45) is 1.50. The van der Waals surface area contributed by atoms with Crippen LogP contribution >= 0.6 is 0 Å². The first-order chi connectivity index (χ1) is 13.4. The second-order valence-electron chi connectivity index (χ2n) is 6.57. The average molecular weight is 406 g/mol. The Labute approximate surface area is 159 Å². The molecule has 0 atom stereocenters. The van der Waals surface area contributed by atoms with Crippen LogP contribution in [0.5, 0.6) is 0 Å². The number of anilines is 1. The van der Waals surface area contributed by atoms with Crippen LogP contribution in [0, 0.1) is 0 Å². The van der Waals surface area contributed by atoms with Crippen LogP contribution in [0.3, 0.4) is 0 Å². The maximum Gasteiger partial charge on any atom is 0.653 e.